The summed E-state index contributed by atoms with van der Waals surface area (Å²) in [5.41, 5.74) is 5.28. The minimum Gasteiger partial charge on any atom is -0.290 e. The summed E-state index contributed by atoms with van der Waals surface area (Å²) in [6, 6.07) is 6.68. The number of imidazole rings is 1. The van der Waals surface area contributed by atoms with Crippen molar-refractivity contribution in [3.8, 4) is 11.3 Å². The number of rotatable bonds is 2. The molecular weight excluding hydrogens is 240 g/mol. The van der Waals surface area contributed by atoms with E-state index >= 15 is 0 Å². The Bertz CT molecular complexity index is 706. The Morgan fingerprint density at radius 2 is 2.06 bits per heavy atom. The van der Waals surface area contributed by atoms with Crippen molar-refractivity contribution in [2.24, 2.45) is 0 Å². The van der Waals surface area contributed by atoms with Crippen LogP contribution in [0.5, 0.6) is 0 Å². The minimum atomic E-state index is 1.05. The molecule has 0 aliphatic carbocycles. The molecule has 0 amide bonds. The van der Waals surface area contributed by atoms with E-state index in [-0.39, 0.29) is 0 Å². The minimum absolute atomic E-state index is 1.05. The highest BCUT2D eigenvalue weighted by Gasteiger charge is 2.13. The molecule has 2 aromatic heterocycles. The Labute approximate surface area is 111 Å². The summed E-state index contributed by atoms with van der Waals surface area (Å²) in [7, 11) is 0. The quantitative estimate of drug-likeness (QED) is 0.670. The van der Waals surface area contributed by atoms with E-state index < -0.39 is 0 Å². The van der Waals surface area contributed by atoms with Gasteiger partial charge in [0, 0.05) is 17.3 Å². The summed E-state index contributed by atoms with van der Waals surface area (Å²) < 4.78 is 2.20. The second-order valence-electron chi connectivity index (χ2n) is 4.61. The third kappa shape index (κ3) is 1.66. The van der Waals surface area contributed by atoms with Crippen LogP contribution in [0.2, 0.25) is 0 Å². The fraction of sp³-hybridized carbons (Fsp3) is 0.267. The molecule has 2 nitrogen and oxygen atoms in total. The molecule has 0 aliphatic rings. The van der Waals surface area contributed by atoms with Gasteiger partial charge in [-0.15, -0.1) is 11.3 Å². The lowest BCUT2D eigenvalue weighted by Crippen LogP contribution is -1.90. The van der Waals surface area contributed by atoms with Crippen LogP contribution in [0.1, 0.15) is 22.9 Å². The van der Waals surface area contributed by atoms with E-state index in [0.717, 1.165) is 11.4 Å². The predicted molar refractivity (Wildman–Crippen MR) is 77.4 cm³/mol. The zero-order chi connectivity index (χ0) is 12.7. The van der Waals surface area contributed by atoms with Crippen LogP contribution in [0, 0.1) is 13.8 Å². The van der Waals surface area contributed by atoms with Crippen molar-refractivity contribution in [2.45, 2.75) is 27.2 Å². The zero-order valence-corrected chi connectivity index (χ0v) is 11.7. The fourth-order valence-electron chi connectivity index (χ4n) is 2.26. The third-order valence-electron chi connectivity index (χ3n) is 3.43. The molecule has 1 aromatic carbocycles. The topological polar surface area (TPSA) is 17.3 Å². The van der Waals surface area contributed by atoms with Crippen LogP contribution in [0.15, 0.2) is 30.6 Å². The second kappa shape index (κ2) is 4.25. The van der Waals surface area contributed by atoms with Crippen LogP contribution in [0.3, 0.4) is 0 Å². The lowest BCUT2D eigenvalue weighted by Gasteiger charge is -2.06. The first-order valence-corrected chi connectivity index (χ1v) is 7.04. The van der Waals surface area contributed by atoms with Crippen LogP contribution < -0.4 is 0 Å². The van der Waals surface area contributed by atoms with Gasteiger partial charge in [0.2, 0.25) is 0 Å². The van der Waals surface area contributed by atoms with E-state index in [1.54, 1.807) is 11.3 Å². The maximum atomic E-state index is 4.39. The highest BCUT2D eigenvalue weighted by Crippen LogP contribution is 2.32. The van der Waals surface area contributed by atoms with Gasteiger partial charge >= 0.3 is 0 Å². The smallest absolute Gasteiger partial charge is 0.194 e. The molecule has 0 radical (unpaired) electrons. The number of hydrogen-bond donors (Lipinski definition) is 0. The van der Waals surface area contributed by atoms with Crippen molar-refractivity contribution in [3.05, 3.63) is 46.6 Å². The van der Waals surface area contributed by atoms with E-state index in [9.17, 15) is 0 Å². The van der Waals surface area contributed by atoms with Crippen molar-refractivity contribution >= 4 is 16.3 Å². The normalized spacial score (nSPS) is 11.3. The van der Waals surface area contributed by atoms with Gasteiger partial charge < -0.3 is 0 Å². The summed E-state index contributed by atoms with van der Waals surface area (Å²) in [4.78, 5) is 6.88. The van der Waals surface area contributed by atoms with Crippen molar-refractivity contribution < 1.29 is 0 Å². The number of nitrogens with zero attached hydrogens (tertiary/aromatic N) is 2. The highest BCUT2D eigenvalue weighted by atomic mass is 32.1. The fourth-order valence-corrected chi connectivity index (χ4v) is 3.30. The van der Waals surface area contributed by atoms with Crippen LogP contribution in [-0.4, -0.2) is 9.38 Å². The van der Waals surface area contributed by atoms with Crippen LogP contribution >= 0.6 is 11.3 Å². The summed E-state index contributed by atoms with van der Waals surface area (Å²) in [6.45, 7) is 6.53. The first-order chi connectivity index (χ1) is 8.70. The van der Waals surface area contributed by atoms with Gasteiger partial charge in [0.1, 0.15) is 0 Å². The number of aryl methyl sites for hydroxylation is 3. The van der Waals surface area contributed by atoms with Gasteiger partial charge in [-0.2, -0.15) is 0 Å². The Morgan fingerprint density at radius 3 is 2.78 bits per heavy atom. The van der Waals surface area contributed by atoms with Crippen molar-refractivity contribution in [1.82, 2.24) is 9.38 Å². The van der Waals surface area contributed by atoms with Gasteiger partial charge in [0.25, 0.3) is 0 Å². The molecular formula is C15H16N2S. The molecule has 0 saturated carbocycles. The Morgan fingerprint density at radius 1 is 1.22 bits per heavy atom. The number of benzene rings is 1. The largest absolute Gasteiger partial charge is 0.290 e. The van der Waals surface area contributed by atoms with Gasteiger partial charge in [0.05, 0.1) is 5.69 Å². The van der Waals surface area contributed by atoms with E-state index in [1.165, 1.54) is 27.3 Å². The van der Waals surface area contributed by atoms with E-state index in [0.29, 0.717) is 0 Å². The standard InChI is InChI=1S/C15H16N2S/c1-4-13-14(17-8-7-16-15(17)18-13)12-6-5-10(2)11(3)9-12/h5-9H,4H2,1-3H3. The van der Waals surface area contributed by atoms with E-state index in [2.05, 4.69) is 54.6 Å². The average Bonchev–Trinajstić information content (AvgIpc) is 2.92. The third-order valence-corrected chi connectivity index (χ3v) is 4.64. The molecule has 0 fully saturated rings. The van der Waals surface area contributed by atoms with Crippen molar-refractivity contribution in [3.63, 3.8) is 0 Å². The van der Waals surface area contributed by atoms with Gasteiger partial charge in [-0.05, 0) is 43.0 Å². The molecule has 3 aromatic rings. The Hall–Kier alpha value is -1.61. The molecule has 92 valence electrons. The van der Waals surface area contributed by atoms with Crippen molar-refractivity contribution in [1.29, 1.82) is 0 Å². The molecule has 0 unspecified atom stereocenters. The first kappa shape index (κ1) is 11.5. The van der Waals surface area contributed by atoms with Crippen LogP contribution in [0.25, 0.3) is 16.2 Å². The number of fused-ring (bicyclic) bond motifs is 1. The molecule has 0 aliphatic heterocycles. The van der Waals surface area contributed by atoms with E-state index in [4.69, 9.17) is 0 Å². The molecule has 0 spiro atoms. The molecule has 0 atom stereocenters. The van der Waals surface area contributed by atoms with Gasteiger partial charge in [-0.3, -0.25) is 4.40 Å². The monoisotopic (exact) mass is 256 g/mol. The molecule has 2 heterocycles. The molecule has 18 heavy (non-hydrogen) atoms. The molecule has 3 rings (SSSR count). The molecule has 0 N–H and O–H groups in total. The SMILES string of the molecule is CCc1sc2nccn2c1-c1ccc(C)c(C)c1. The highest BCUT2D eigenvalue weighted by molar-refractivity contribution is 7.17. The zero-order valence-electron chi connectivity index (χ0n) is 10.9. The maximum Gasteiger partial charge on any atom is 0.194 e. The number of aromatic nitrogens is 2. The van der Waals surface area contributed by atoms with Crippen molar-refractivity contribution in [2.75, 3.05) is 0 Å². The van der Waals surface area contributed by atoms with Gasteiger partial charge in [-0.25, -0.2) is 4.98 Å². The lowest BCUT2D eigenvalue weighted by molar-refractivity contribution is 1.13. The molecule has 0 bridgehead atoms. The first-order valence-electron chi connectivity index (χ1n) is 6.23. The summed E-state index contributed by atoms with van der Waals surface area (Å²) in [6.07, 6.45) is 4.97. The molecule has 0 saturated heterocycles. The van der Waals surface area contributed by atoms with E-state index in [1.807, 2.05) is 6.20 Å². The lowest BCUT2D eigenvalue weighted by atomic mass is 10.0. The van der Waals surface area contributed by atoms with Crippen LogP contribution in [-0.2, 0) is 6.42 Å². The van der Waals surface area contributed by atoms with Gasteiger partial charge in [-0.1, -0.05) is 19.1 Å². The predicted octanol–water partition coefficient (Wildman–Crippen LogP) is 4.24. The summed E-state index contributed by atoms with van der Waals surface area (Å²) >= 11 is 1.79. The maximum absolute atomic E-state index is 4.39. The van der Waals surface area contributed by atoms with Crippen LogP contribution in [0.4, 0.5) is 0 Å². The number of hydrogen-bond acceptors (Lipinski definition) is 2. The summed E-state index contributed by atoms with van der Waals surface area (Å²) in [5.74, 6) is 0. The average molecular weight is 256 g/mol. The number of thiazole rings is 1. The second-order valence-corrected chi connectivity index (χ2v) is 5.67. The summed E-state index contributed by atoms with van der Waals surface area (Å²) in [5, 5.41) is 0. The Balaban J connectivity index is 2.28. The van der Waals surface area contributed by atoms with Gasteiger partial charge in [0.15, 0.2) is 4.96 Å². The molecule has 3 heteroatoms. The Kier molecular flexibility index (Phi) is 2.71.